The summed E-state index contributed by atoms with van der Waals surface area (Å²) < 4.78 is 5.08. The van der Waals surface area contributed by atoms with Crippen molar-refractivity contribution in [2.75, 3.05) is 26.7 Å². The molecule has 1 unspecified atom stereocenters. The summed E-state index contributed by atoms with van der Waals surface area (Å²) in [5.74, 6) is 0.443. The molecule has 1 heterocycles. The number of ether oxygens (including phenoxy) is 1. The first-order valence-corrected chi connectivity index (χ1v) is 7.76. The van der Waals surface area contributed by atoms with Crippen molar-refractivity contribution in [1.29, 1.82) is 0 Å². The fraction of sp³-hybridized carbons (Fsp3) is 0.867. The number of amides is 3. The summed E-state index contributed by atoms with van der Waals surface area (Å²) in [6.07, 6.45) is 1.24. The Bertz CT molecular complexity index is 358. The van der Waals surface area contributed by atoms with Crippen molar-refractivity contribution in [3.05, 3.63) is 0 Å². The predicted molar refractivity (Wildman–Crippen MR) is 82.2 cm³/mol. The van der Waals surface area contributed by atoms with Crippen molar-refractivity contribution < 1.29 is 14.3 Å². The van der Waals surface area contributed by atoms with Gasteiger partial charge in [0, 0.05) is 32.7 Å². The lowest BCUT2D eigenvalue weighted by Gasteiger charge is -2.35. The zero-order valence-corrected chi connectivity index (χ0v) is 13.9. The van der Waals surface area contributed by atoms with Crippen molar-refractivity contribution >= 4 is 12.1 Å². The maximum atomic E-state index is 12.4. The SMILES string of the molecule is CC(C)CN(C)C(=O)N1CCCC(NC(=O)OC(C)C)C1. The highest BCUT2D eigenvalue weighted by atomic mass is 16.6. The number of hydrogen-bond donors (Lipinski definition) is 1. The highest BCUT2D eigenvalue weighted by molar-refractivity contribution is 5.74. The van der Waals surface area contributed by atoms with Gasteiger partial charge in [-0.25, -0.2) is 9.59 Å². The molecule has 0 aliphatic carbocycles. The third-order valence-electron chi connectivity index (χ3n) is 3.32. The fourth-order valence-corrected chi connectivity index (χ4v) is 2.55. The van der Waals surface area contributed by atoms with Gasteiger partial charge >= 0.3 is 12.1 Å². The first-order valence-electron chi connectivity index (χ1n) is 7.76. The number of nitrogens with zero attached hydrogens (tertiary/aromatic N) is 2. The van der Waals surface area contributed by atoms with E-state index in [9.17, 15) is 9.59 Å². The molecule has 0 spiro atoms. The van der Waals surface area contributed by atoms with Gasteiger partial charge in [0.2, 0.25) is 0 Å². The molecule has 0 saturated carbocycles. The average Bonchev–Trinajstić information content (AvgIpc) is 2.36. The number of urea groups is 1. The molecule has 1 atom stereocenters. The molecule has 21 heavy (non-hydrogen) atoms. The van der Waals surface area contributed by atoms with Crippen molar-refractivity contribution in [2.45, 2.75) is 52.7 Å². The first kappa shape index (κ1) is 17.6. The van der Waals surface area contributed by atoms with Gasteiger partial charge in [-0.15, -0.1) is 0 Å². The number of alkyl carbamates (subject to hydrolysis) is 1. The summed E-state index contributed by atoms with van der Waals surface area (Å²) in [5, 5.41) is 2.84. The zero-order chi connectivity index (χ0) is 16.0. The second kappa shape index (κ2) is 8.10. The number of carbonyl (C=O) groups is 2. The van der Waals surface area contributed by atoms with Crippen LogP contribution >= 0.6 is 0 Å². The predicted octanol–water partition coefficient (Wildman–Crippen LogP) is 2.29. The summed E-state index contributed by atoms with van der Waals surface area (Å²) in [4.78, 5) is 27.5. The van der Waals surface area contributed by atoms with Crippen LogP contribution in [0.2, 0.25) is 0 Å². The Balaban J connectivity index is 2.48. The second-order valence-corrected chi connectivity index (χ2v) is 6.44. The minimum absolute atomic E-state index is 0.0265. The van der Waals surface area contributed by atoms with Gasteiger partial charge in [0.15, 0.2) is 0 Å². The second-order valence-electron chi connectivity index (χ2n) is 6.44. The molecule has 0 aromatic carbocycles. The number of nitrogens with one attached hydrogen (secondary N) is 1. The van der Waals surface area contributed by atoms with Crippen molar-refractivity contribution in [2.24, 2.45) is 5.92 Å². The molecule has 6 heteroatoms. The van der Waals surface area contributed by atoms with Crippen LogP contribution in [0.1, 0.15) is 40.5 Å². The van der Waals surface area contributed by atoms with Crippen LogP contribution in [0, 0.1) is 5.92 Å². The molecule has 0 aromatic heterocycles. The summed E-state index contributed by atoms with van der Waals surface area (Å²) in [7, 11) is 1.83. The van der Waals surface area contributed by atoms with Crippen LogP contribution in [0.5, 0.6) is 0 Å². The maximum Gasteiger partial charge on any atom is 0.407 e. The molecule has 0 bridgehead atoms. The topological polar surface area (TPSA) is 61.9 Å². The van der Waals surface area contributed by atoms with Crippen LogP contribution < -0.4 is 5.32 Å². The van der Waals surface area contributed by atoms with Crippen molar-refractivity contribution in [3.8, 4) is 0 Å². The summed E-state index contributed by atoms with van der Waals surface area (Å²) in [6, 6.07) is 0.00817. The maximum absolute atomic E-state index is 12.4. The van der Waals surface area contributed by atoms with E-state index in [1.54, 1.807) is 4.90 Å². The molecular weight excluding hydrogens is 270 g/mol. The van der Waals surface area contributed by atoms with E-state index in [-0.39, 0.29) is 18.2 Å². The Hall–Kier alpha value is -1.46. The summed E-state index contributed by atoms with van der Waals surface area (Å²) in [6.45, 7) is 9.85. The molecule has 1 fully saturated rings. The van der Waals surface area contributed by atoms with Crippen molar-refractivity contribution in [3.63, 3.8) is 0 Å². The molecule has 1 aliphatic heterocycles. The summed E-state index contributed by atoms with van der Waals surface area (Å²) >= 11 is 0. The Morgan fingerprint density at radius 2 is 2.00 bits per heavy atom. The highest BCUT2D eigenvalue weighted by Crippen LogP contribution is 2.13. The molecule has 6 nitrogen and oxygen atoms in total. The lowest BCUT2D eigenvalue weighted by molar-refractivity contribution is 0.102. The van der Waals surface area contributed by atoms with Gasteiger partial charge in [-0.3, -0.25) is 0 Å². The number of carbonyl (C=O) groups excluding carboxylic acids is 2. The Morgan fingerprint density at radius 1 is 1.33 bits per heavy atom. The molecule has 3 amide bonds. The van der Waals surface area contributed by atoms with E-state index < -0.39 is 6.09 Å². The standard InChI is InChI=1S/C15H29N3O3/c1-11(2)9-17(5)15(20)18-8-6-7-13(10-18)16-14(19)21-12(3)4/h11-13H,6-10H2,1-5H3,(H,16,19). The van der Waals surface area contributed by atoms with E-state index >= 15 is 0 Å². The highest BCUT2D eigenvalue weighted by Gasteiger charge is 2.27. The van der Waals surface area contributed by atoms with Crippen LogP contribution in [0.15, 0.2) is 0 Å². The lowest BCUT2D eigenvalue weighted by Crippen LogP contribution is -2.53. The average molecular weight is 299 g/mol. The number of rotatable bonds is 4. The van der Waals surface area contributed by atoms with Crippen LogP contribution in [-0.4, -0.2) is 60.8 Å². The minimum atomic E-state index is -0.403. The Labute approximate surface area is 127 Å². The molecule has 122 valence electrons. The molecule has 1 N–H and O–H groups in total. The monoisotopic (exact) mass is 299 g/mol. The molecule has 0 aromatic rings. The number of hydrogen-bond acceptors (Lipinski definition) is 3. The molecule has 1 rings (SSSR count). The number of likely N-dealkylation sites (tertiary alicyclic amines) is 1. The first-order chi connectivity index (χ1) is 9.79. The van der Waals surface area contributed by atoms with E-state index in [0.717, 1.165) is 25.9 Å². The smallest absolute Gasteiger partial charge is 0.407 e. The minimum Gasteiger partial charge on any atom is -0.447 e. The zero-order valence-electron chi connectivity index (χ0n) is 13.9. The quantitative estimate of drug-likeness (QED) is 0.866. The van der Waals surface area contributed by atoms with Crippen molar-refractivity contribution in [1.82, 2.24) is 15.1 Å². The van der Waals surface area contributed by atoms with Crippen LogP contribution in [0.25, 0.3) is 0 Å². The Kier molecular flexibility index (Phi) is 6.78. The van der Waals surface area contributed by atoms with Gasteiger partial charge < -0.3 is 19.9 Å². The fourth-order valence-electron chi connectivity index (χ4n) is 2.55. The third kappa shape index (κ3) is 6.23. The summed E-state index contributed by atoms with van der Waals surface area (Å²) in [5.41, 5.74) is 0. The molecule has 0 radical (unpaired) electrons. The van der Waals surface area contributed by atoms with Gasteiger partial charge in [-0.05, 0) is 32.6 Å². The third-order valence-corrected chi connectivity index (χ3v) is 3.32. The molecule has 1 aliphatic rings. The van der Waals surface area contributed by atoms with E-state index in [0.29, 0.717) is 12.5 Å². The molecular formula is C15H29N3O3. The normalized spacial score (nSPS) is 18.8. The number of piperidine rings is 1. The van der Waals surface area contributed by atoms with Gasteiger partial charge in [0.05, 0.1) is 6.10 Å². The van der Waals surface area contributed by atoms with E-state index in [1.807, 2.05) is 25.8 Å². The Morgan fingerprint density at radius 3 is 2.57 bits per heavy atom. The van der Waals surface area contributed by atoms with Crippen LogP contribution in [0.4, 0.5) is 9.59 Å². The molecule has 1 saturated heterocycles. The van der Waals surface area contributed by atoms with Gasteiger partial charge in [0.25, 0.3) is 0 Å². The lowest BCUT2D eigenvalue weighted by atomic mass is 10.1. The van der Waals surface area contributed by atoms with Crippen LogP contribution in [0.3, 0.4) is 0 Å². The van der Waals surface area contributed by atoms with Gasteiger partial charge in [-0.1, -0.05) is 13.8 Å². The van der Waals surface area contributed by atoms with E-state index in [4.69, 9.17) is 4.74 Å². The van der Waals surface area contributed by atoms with E-state index in [2.05, 4.69) is 19.2 Å². The van der Waals surface area contributed by atoms with Gasteiger partial charge in [-0.2, -0.15) is 0 Å². The van der Waals surface area contributed by atoms with E-state index in [1.165, 1.54) is 0 Å². The van der Waals surface area contributed by atoms with Gasteiger partial charge in [0.1, 0.15) is 0 Å². The largest absolute Gasteiger partial charge is 0.447 e. The van der Waals surface area contributed by atoms with Crippen LogP contribution in [-0.2, 0) is 4.74 Å².